The molecule has 0 saturated carbocycles. The molecule has 5 heteroatoms. The molecule has 0 bridgehead atoms. The maximum Gasteiger partial charge on any atom is 0.118 e. The second-order valence-corrected chi connectivity index (χ2v) is 4.80. The minimum Gasteiger partial charge on any atom is -0.508 e. The predicted octanol–water partition coefficient (Wildman–Crippen LogP) is 2.20. The molecule has 2 aromatic carbocycles. The van der Waals surface area contributed by atoms with E-state index < -0.39 is 6.10 Å². The van der Waals surface area contributed by atoms with E-state index in [1.807, 2.05) is 0 Å². The molecule has 0 heterocycles. The lowest BCUT2D eigenvalue weighted by Gasteiger charge is -2.08. The summed E-state index contributed by atoms with van der Waals surface area (Å²) >= 11 is 0. The molecule has 5 N–H and O–H groups in total. The molecule has 0 spiro atoms. The van der Waals surface area contributed by atoms with Gasteiger partial charge in [0.05, 0.1) is 12.6 Å². The first-order chi connectivity index (χ1) is 10.5. The summed E-state index contributed by atoms with van der Waals surface area (Å²) in [5.41, 5.74) is 7.31. The van der Waals surface area contributed by atoms with E-state index >= 15 is 0 Å². The Balaban J connectivity index is 1.94. The molecule has 114 valence electrons. The quantitative estimate of drug-likeness (QED) is 0.502. The number of nitrogens with two attached hydrogens (primary N) is 1. The van der Waals surface area contributed by atoms with Crippen molar-refractivity contribution in [1.82, 2.24) is 0 Å². The molecule has 5 nitrogen and oxygen atoms in total. The van der Waals surface area contributed by atoms with Crippen LogP contribution in [0.3, 0.4) is 0 Å². The van der Waals surface area contributed by atoms with Gasteiger partial charge in [0.1, 0.15) is 17.3 Å². The summed E-state index contributed by atoms with van der Waals surface area (Å²) in [6, 6.07) is 13.0. The zero-order valence-electron chi connectivity index (χ0n) is 11.9. The van der Waals surface area contributed by atoms with E-state index in [1.54, 1.807) is 48.6 Å². The van der Waals surface area contributed by atoms with Gasteiger partial charge in [-0.3, -0.25) is 4.99 Å². The number of phenols is 2. The minimum absolute atomic E-state index is 0.135. The van der Waals surface area contributed by atoms with Crippen LogP contribution in [0.2, 0.25) is 0 Å². The van der Waals surface area contributed by atoms with Gasteiger partial charge in [-0.2, -0.15) is 0 Å². The zero-order chi connectivity index (χ0) is 15.9. The second kappa shape index (κ2) is 7.28. The number of rotatable bonds is 5. The van der Waals surface area contributed by atoms with Crippen LogP contribution in [0.5, 0.6) is 11.5 Å². The smallest absolute Gasteiger partial charge is 0.118 e. The first kappa shape index (κ1) is 15.6. The largest absolute Gasteiger partial charge is 0.508 e. The van der Waals surface area contributed by atoms with E-state index in [1.165, 1.54) is 12.1 Å². The van der Waals surface area contributed by atoms with Crippen molar-refractivity contribution in [3.63, 3.8) is 0 Å². The molecule has 1 unspecified atom stereocenters. The number of amidine groups is 1. The maximum absolute atomic E-state index is 9.98. The Morgan fingerprint density at radius 1 is 1.00 bits per heavy atom. The molecule has 0 fully saturated rings. The molecule has 0 amide bonds. The molecule has 1 atom stereocenters. The highest BCUT2D eigenvalue weighted by Gasteiger charge is 2.06. The molecule has 2 rings (SSSR count). The third-order valence-corrected chi connectivity index (χ3v) is 3.06. The first-order valence-electron chi connectivity index (χ1n) is 6.78. The molecule has 2 aromatic rings. The van der Waals surface area contributed by atoms with E-state index in [2.05, 4.69) is 4.99 Å². The van der Waals surface area contributed by atoms with Crippen LogP contribution in [-0.2, 0) is 0 Å². The molecular formula is C17H18N2O3. The van der Waals surface area contributed by atoms with E-state index in [9.17, 15) is 15.3 Å². The standard InChI is InChI=1S/C17H18N2O3/c18-17(10-3-12-1-6-14(20)7-2-12)19-11-16(22)13-4-8-15(21)9-5-13/h1-10,16,20-22H,11H2,(H2,18,19)/b10-3+. The maximum atomic E-state index is 9.98. The van der Waals surface area contributed by atoms with Gasteiger partial charge in [0.15, 0.2) is 0 Å². The number of nitrogens with zero attached hydrogens (tertiary/aromatic N) is 1. The summed E-state index contributed by atoms with van der Waals surface area (Å²) in [5, 5.41) is 28.4. The number of aliphatic hydroxyl groups is 1. The fraction of sp³-hybridized carbons (Fsp3) is 0.118. The van der Waals surface area contributed by atoms with E-state index in [0.717, 1.165) is 5.56 Å². The van der Waals surface area contributed by atoms with Crippen LogP contribution in [-0.4, -0.2) is 27.7 Å². The van der Waals surface area contributed by atoms with Crippen molar-refractivity contribution >= 4 is 11.9 Å². The van der Waals surface area contributed by atoms with Crippen LogP contribution < -0.4 is 5.73 Å². The molecule has 22 heavy (non-hydrogen) atoms. The highest BCUT2D eigenvalue weighted by Crippen LogP contribution is 2.17. The van der Waals surface area contributed by atoms with Gasteiger partial charge in [-0.25, -0.2) is 0 Å². The summed E-state index contributed by atoms with van der Waals surface area (Å²) in [6.07, 6.45) is 2.63. The summed E-state index contributed by atoms with van der Waals surface area (Å²) in [5.74, 6) is 0.650. The fourth-order valence-corrected chi connectivity index (χ4v) is 1.81. The lowest BCUT2D eigenvalue weighted by atomic mass is 10.1. The Morgan fingerprint density at radius 3 is 2.14 bits per heavy atom. The predicted molar refractivity (Wildman–Crippen MR) is 86.7 cm³/mol. The van der Waals surface area contributed by atoms with Gasteiger partial charge < -0.3 is 21.1 Å². The topological polar surface area (TPSA) is 99.1 Å². The summed E-state index contributed by atoms with van der Waals surface area (Å²) in [4.78, 5) is 4.10. The van der Waals surface area contributed by atoms with Crippen molar-refractivity contribution in [3.05, 3.63) is 65.7 Å². The van der Waals surface area contributed by atoms with Gasteiger partial charge >= 0.3 is 0 Å². The molecular weight excluding hydrogens is 280 g/mol. The Hall–Kier alpha value is -2.79. The lowest BCUT2D eigenvalue weighted by molar-refractivity contribution is 0.187. The molecule has 0 saturated heterocycles. The lowest BCUT2D eigenvalue weighted by Crippen LogP contribution is -2.11. The van der Waals surface area contributed by atoms with Gasteiger partial charge in [-0.05, 0) is 41.5 Å². The first-order valence-corrected chi connectivity index (χ1v) is 6.78. The van der Waals surface area contributed by atoms with Crippen molar-refractivity contribution in [2.45, 2.75) is 6.10 Å². The van der Waals surface area contributed by atoms with Crippen molar-refractivity contribution in [3.8, 4) is 11.5 Å². The number of aromatic hydroxyl groups is 2. The molecule has 0 aliphatic carbocycles. The molecule has 0 aliphatic rings. The number of hydrogen-bond donors (Lipinski definition) is 4. The highest BCUT2D eigenvalue weighted by atomic mass is 16.3. The number of aliphatic imine (C=N–C) groups is 1. The Morgan fingerprint density at radius 2 is 1.55 bits per heavy atom. The Kier molecular flexibility index (Phi) is 5.16. The Bertz CT molecular complexity index is 661. The van der Waals surface area contributed by atoms with E-state index in [-0.39, 0.29) is 18.0 Å². The summed E-state index contributed by atoms with van der Waals surface area (Å²) in [7, 11) is 0. The number of benzene rings is 2. The monoisotopic (exact) mass is 298 g/mol. The average molecular weight is 298 g/mol. The Labute approximate surface area is 128 Å². The normalized spacial score (nSPS) is 13.4. The third kappa shape index (κ3) is 4.64. The summed E-state index contributed by atoms with van der Waals surface area (Å²) in [6.45, 7) is 0.135. The van der Waals surface area contributed by atoms with Crippen LogP contribution in [0.4, 0.5) is 0 Å². The van der Waals surface area contributed by atoms with Crippen molar-refractivity contribution in [2.24, 2.45) is 10.7 Å². The molecule has 0 aromatic heterocycles. The number of hydrogen-bond acceptors (Lipinski definition) is 4. The van der Waals surface area contributed by atoms with Crippen molar-refractivity contribution < 1.29 is 15.3 Å². The van der Waals surface area contributed by atoms with E-state index in [4.69, 9.17) is 5.73 Å². The minimum atomic E-state index is -0.777. The zero-order valence-corrected chi connectivity index (χ0v) is 11.9. The van der Waals surface area contributed by atoms with Gasteiger partial charge in [-0.1, -0.05) is 30.3 Å². The van der Waals surface area contributed by atoms with Crippen LogP contribution in [0, 0.1) is 0 Å². The van der Waals surface area contributed by atoms with Crippen molar-refractivity contribution in [2.75, 3.05) is 6.54 Å². The van der Waals surface area contributed by atoms with Crippen molar-refractivity contribution in [1.29, 1.82) is 0 Å². The second-order valence-electron chi connectivity index (χ2n) is 4.80. The summed E-state index contributed by atoms with van der Waals surface area (Å²) < 4.78 is 0. The van der Waals surface area contributed by atoms with Crippen LogP contribution >= 0.6 is 0 Å². The van der Waals surface area contributed by atoms with Crippen LogP contribution in [0.15, 0.2) is 59.6 Å². The highest BCUT2D eigenvalue weighted by molar-refractivity contribution is 5.95. The molecule has 0 aliphatic heterocycles. The number of phenolic OH excluding ortho intramolecular Hbond substituents is 2. The van der Waals surface area contributed by atoms with Gasteiger partial charge in [0.2, 0.25) is 0 Å². The van der Waals surface area contributed by atoms with Gasteiger partial charge in [0.25, 0.3) is 0 Å². The van der Waals surface area contributed by atoms with Crippen LogP contribution in [0.1, 0.15) is 17.2 Å². The van der Waals surface area contributed by atoms with Gasteiger partial charge in [0, 0.05) is 0 Å². The third-order valence-electron chi connectivity index (χ3n) is 3.06. The SMILES string of the molecule is NC(/C=C/c1ccc(O)cc1)=NCC(O)c1ccc(O)cc1. The average Bonchev–Trinajstić information content (AvgIpc) is 2.52. The van der Waals surface area contributed by atoms with Gasteiger partial charge in [-0.15, -0.1) is 0 Å². The van der Waals surface area contributed by atoms with E-state index in [0.29, 0.717) is 11.4 Å². The number of aliphatic hydroxyl groups excluding tert-OH is 1. The fourth-order valence-electron chi connectivity index (χ4n) is 1.81. The molecule has 0 radical (unpaired) electrons. The van der Waals surface area contributed by atoms with Crippen LogP contribution in [0.25, 0.3) is 6.08 Å².